The number of aliphatic hydroxyl groups is 1. The Balaban J connectivity index is 1.26. The van der Waals surface area contributed by atoms with Crippen LogP contribution in [-0.4, -0.2) is 68.3 Å². The number of para-hydroxylation sites is 1. The molecule has 0 saturated heterocycles. The monoisotopic (exact) mass is 437 g/mol. The van der Waals surface area contributed by atoms with E-state index in [4.69, 9.17) is 4.74 Å². The third kappa shape index (κ3) is 6.59. The zero-order chi connectivity index (χ0) is 22.2. The number of hydrogen-bond acceptors (Lipinski definition) is 9. The fraction of sp³-hybridized carbons (Fsp3) is 0.650. The summed E-state index contributed by atoms with van der Waals surface area (Å²) in [5, 5.41) is 29.0. The summed E-state index contributed by atoms with van der Waals surface area (Å²) in [6.07, 6.45) is 1.12. The van der Waals surface area contributed by atoms with Crippen LogP contribution in [0.1, 0.15) is 25.7 Å². The lowest BCUT2D eigenvalue weighted by Gasteiger charge is -2.26. The largest absolute Gasteiger partial charge is 0.489 e. The van der Waals surface area contributed by atoms with Gasteiger partial charge < -0.3 is 35.5 Å². The first-order valence-electron chi connectivity index (χ1n) is 10.6. The maximum absolute atomic E-state index is 12.2. The van der Waals surface area contributed by atoms with Crippen LogP contribution in [0, 0.1) is 16.0 Å². The van der Waals surface area contributed by atoms with Gasteiger partial charge >= 0.3 is 0 Å². The zero-order valence-corrected chi connectivity index (χ0v) is 17.7. The van der Waals surface area contributed by atoms with E-state index in [2.05, 4.69) is 25.7 Å². The van der Waals surface area contributed by atoms with Crippen molar-refractivity contribution in [2.45, 2.75) is 37.9 Å². The van der Waals surface area contributed by atoms with E-state index in [9.17, 15) is 20.0 Å². The lowest BCUT2D eigenvalue weighted by atomic mass is 9.87. The molecule has 4 N–H and O–H groups in total. The van der Waals surface area contributed by atoms with E-state index in [1.165, 1.54) is 0 Å². The van der Waals surface area contributed by atoms with Crippen molar-refractivity contribution < 1.29 is 24.6 Å². The average molecular weight is 437 g/mol. The van der Waals surface area contributed by atoms with Gasteiger partial charge in [-0.1, -0.05) is 6.07 Å². The van der Waals surface area contributed by atoms with Crippen molar-refractivity contribution in [2.24, 2.45) is 5.92 Å². The summed E-state index contributed by atoms with van der Waals surface area (Å²) in [6, 6.07) is 5.79. The van der Waals surface area contributed by atoms with Crippen LogP contribution < -0.4 is 25.6 Å². The number of anilines is 2. The maximum Gasteiger partial charge on any atom is 0.294 e. The van der Waals surface area contributed by atoms with Crippen molar-refractivity contribution in [3.05, 3.63) is 28.3 Å². The van der Waals surface area contributed by atoms with Crippen LogP contribution in [-0.2, 0) is 9.63 Å². The number of carbonyl (C=O) groups is 1. The van der Waals surface area contributed by atoms with E-state index in [1.807, 2.05) is 25.2 Å². The van der Waals surface area contributed by atoms with Gasteiger partial charge in [0.2, 0.25) is 5.91 Å². The van der Waals surface area contributed by atoms with Gasteiger partial charge in [0.15, 0.2) is 0 Å². The Bertz CT molecular complexity index is 756. The minimum atomic E-state index is -0.766. The second-order valence-corrected chi connectivity index (χ2v) is 7.95. The third-order valence-electron chi connectivity index (χ3n) is 5.58. The number of benzene rings is 1. The molecule has 0 spiro atoms. The molecule has 0 radical (unpaired) electrons. The summed E-state index contributed by atoms with van der Waals surface area (Å²) in [5.41, 5.74) is 2.01. The molecule has 1 aromatic rings. The predicted molar refractivity (Wildman–Crippen MR) is 115 cm³/mol. The van der Waals surface area contributed by atoms with Gasteiger partial charge in [0.1, 0.15) is 30.3 Å². The summed E-state index contributed by atoms with van der Waals surface area (Å²) in [4.78, 5) is 29.2. The molecule has 1 amide bonds. The lowest BCUT2D eigenvalue weighted by molar-refractivity contribution is -0.769. The van der Waals surface area contributed by atoms with E-state index < -0.39 is 17.3 Å². The maximum atomic E-state index is 12.2. The van der Waals surface area contributed by atoms with Gasteiger partial charge in [-0.3, -0.25) is 4.79 Å². The summed E-state index contributed by atoms with van der Waals surface area (Å²) in [6.45, 7) is 2.21. The van der Waals surface area contributed by atoms with Gasteiger partial charge in [0, 0.05) is 32.6 Å². The summed E-state index contributed by atoms with van der Waals surface area (Å²) >= 11 is 0. The Hall–Kier alpha value is -2.79. The molecule has 1 fully saturated rings. The number of nitrogens with zero attached hydrogens (tertiary/aromatic N) is 2. The Kier molecular flexibility index (Phi) is 8.13. The Morgan fingerprint density at radius 1 is 1.35 bits per heavy atom. The normalized spacial score (nSPS) is 21.0. The fourth-order valence-electron chi connectivity index (χ4n) is 3.94. The van der Waals surface area contributed by atoms with E-state index in [0.717, 1.165) is 23.8 Å². The highest BCUT2D eigenvalue weighted by Crippen LogP contribution is 2.38. The summed E-state index contributed by atoms with van der Waals surface area (Å²) in [5.74, 6) is 0.557. The van der Waals surface area contributed by atoms with Crippen LogP contribution in [0.5, 0.6) is 5.75 Å². The first kappa shape index (κ1) is 22.9. The molecular weight excluding hydrogens is 406 g/mol. The average Bonchev–Trinajstić information content (AvgIpc) is 3.13. The molecule has 1 aliphatic carbocycles. The van der Waals surface area contributed by atoms with Gasteiger partial charge in [0.25, 0.3) is 5.09 Å². The minimum absolute atomic E-state index is 0.0408. The van der Waals surface area contributed by atoms with E-state index in [1.54, 1.807) is 0 Å². The summed E-state index contributed by atoms with van der Waals surface area (Å²) in [7, 11) is 1.98. The van der Waals surface area contributed by atoms with E-state index in [0.29, 0.717) is 45.3 Å². The van der Waals surface area contributed by atoms with Crippen molar-refractivity contribution >= 4 is 17.3 Å². The number of hydrogen-bond donors (Lipinski definition) is 4. The van der Waals surface area contributed by atoms with Crippen LogP contribution >= 0.6 is 0 Å². The van der Waals surface area contributed by atoms with Crippen molar-refractivity contribution in [3.8, 4) is 5.75 Å². The zero-order valence-electron chi connectivity index (χ0n) is 17.7. The minimum Gasteiger partial charge on any atom is -0.489 e. The van der Waals surface area contributed by atoms with Crippen LogP contribution in [0.15, 0.2) is 18.2 Å². The van der Waals surface area contributed by atoms with Crippen LogP contribution in [0.2, 0.25) is 0 Å². The molecule has 11 heteroatoms. The third-order valence-corrected chi connectivity index (χ3v) is 5.58. The van der Waals surface area contributed by atoms with Crippen molar-refractivity contribution in [1.82, 2.24) is 10.6 Å². The molecule has 1 atom stereocenters. The van der Waals surface area contributed by atoms with Gasteiger partial charge in [-0.15, -0.1) is 10.1 Å². The van der Waals surface area contributed by atoms with Crippen LogP contribution in [0.3, 0.4) is 0 Å². The Morgan fingerprint density at radius 2 is 2.13 bits per heavy atom. The van der Waals surface area contributed by atoms with E-state index in [-0.39, 0.29) is 18.4 Å². The number of ether oxygens (including phenoxy) is 1. The van der Waals surface area contributed by atoms with Gasteiger partial charge in [-0.2, -0.15) is 0 Å². The molecule has 0 aromatic heterocycles. The summed E-state index contributed by atoms with van der Waals surface area (Å²) < 4.78 is 5.79. The van der Waals surface area contributed by atoms with Crippen molar-refractivity contribution in [3.63, 3.8) is 0 Å². The molecule has 1 heterocycles. The smallest absolute Gasteiger partial charge is 0.294 e. The Morgan fingerprint density at radius 3 is 2.87 bits per heavy atom. The first-order valence-corrected chi connectivity index (χ1v) is 10.6. The van der Waals surface area contributed by atoms with Crippen LogP contribution in [0.25, 0.3) is 0 Å². The highest BCUT2D eigenvalue weighted by molar-refractivity contribution is 5.80. The highest BCUT2D eigenvalue weighted by atomic mass is 17.0. The number of nitrogens with one attached hydrogen (secondary N) is 3. The Labute approximate surface area is 181 Å². The molecule has 1 aromatic carbocycles. The molecule has 1 unspecified atom stereocenters. The molecule has 3 rings (SSSR count). The van der Waals surface area contributed by atoms with Crippen molar-refractivity contribution in [1.29, 1.82) is 0 Å². The fourth-order valence-corrected chi connectivity index (χ4v) is 3.94. The molecular formula is C20H31N5O6. The number of rotatable bonds is 11. The van der Waals surface area contributed by atoms with Crippen molar-refractivity contribution in [2.75, 3.05) is 50.2 Å². The van der Waals surface area contributed by atoms with E-state index >= 15 is 0 Å². The molecule has 172 valence electrons. The SMILES string of the molecule is CN1CNc2cccc(OCC(O)CNCCNC(=O)C3CCC(O[N+](=O)[O-])CC3)c21. The van der Waals surface area contributed by atoms with Crippen LogP contribution in [0.4, 0.5) is 11.4 Å². The second kappa shape index (κ2) is 11.0. The van der Waals surface area contributed by atoms with Gasteiger partial charge in [-0.25, -0.2) is 0 Å². The molecule has 31 heavy (non-hydrogen) atoms. The quantitative estimate of drug-likeness (QED) is 0.224. The second-order valence-electron chi connectivity index (χ2n) is 7.95. The number of aliphatic hydroxyl groups excluding tert-OH is 1. The number of fused-ring (bicyclic) bond motifs is 1. The van der Waals surface area contributed by atoms with Gasteiger partial charge in [0.05, 0.1) is 12.4 Å². The molecule has 1 saturated carbocycles. The predicted octanol–water partition coefficient (Wildman–Crippen LogP) is 0.718. The van der Waals surface area contributed by atoms with Gasteiger partial charge in [-0.05, 0) is 37.8 Å². The lowest BCUT2D eigenvalue weighted by Crippen LogP contribution is -2.40. The number of carbonyl (C=O) groups excluding carboxylic acids is 1. The highest BCUT2D eigenvalue weighted by Gasteiger charge is 2.27. The molecule has 0 bridgehead atoms. The molecule has 2 aliphatic rings. The topological polar surface area (TPSA) is 138 Å². The molecule has 11 nitrogen and oxygen atoms in total. The molecule has 1 aliphatic heterocycles. The first-order chi connectivity index (χ1) is 14.9. The standard InChI is InChI=1S/C20H31N5O6/c1-24-13-23-17-3-2-4-18(19(17)24)30-12-15(26)11-21-9-10-22-20(27)14-5-7-16(8-6-14)31-25(28)29/h2-4,14-16,21,23,26H,5-13H2,1H3,(H,22,27). The number of amides is 1.